The fraction of sp³-hybridized carbons (Fsp3) is 0.333. The van der Waals surface area contributed by atoms with E-state index in [1.54, 1.807) is 32.3 Å². The van der Waals surface area contributed by atoms with Gasteiger partial charge in [0.15, 0.2) is 0 Å². The van der Waals surface area contributed by atoms with Gasteiger partial charge < -0.3 is 32.3 Å². The Kier molecular flexibility index (Phi) is 13.0. The van der Waals surface area contributed by atoms with Crippen molar-refractivity contribution in [2.24, 2.45) is 17.2 Å². The largest absolute Gasteiger partial charge is 0.368 e. The van der Waals surface area contributed by atoms with E-state index in [2.05, 4.69) is 5.32 Å². The zero-order valence-electron chi connectivity index (χ0n) is 28.5. The normalized spacial score (nSPS) is 13.6. The van der Waals surface area contributed by atoms with E-state index in [-0.39, 0.29) is 24.8 Å². The van der Waals surface area contributed by atoms with E-state index in [9.17, 15) is 19.2 Å². The van der Waals surface area contributed by atoms with Crippen molar-refractivity contribution in [1.29, 1.82) is 0 Å². The van der Waals surface area contributed by atoms with Crippen LogP contribution in [0.4, 0.5) is 0 Å². The molecule has 258 valence electrons. The molecule has 0 heterocycles. The van der Waals surface area contributed by atoms with Crippen LogP contribution in [-0.4, -0.2) is 72.2 Å². The van der Waals surface area contributed by atoms with Gasteiger partial charge in [-0.25, -0.2) is 0 Å². The third-order valence-corrected chi connectivity index (χ3v) is 8.97. The van der Waals surface area contributed by atoms with E-state index < -0.39 is 35.8 Å². The number of hydrogen-bond acceptors (Lipinski definition) is 6. The lowest BCUT2D eigenvalue weighted by atomic mass is 9.97. The lowest BCUT2D eigenvalue weighted by molar-refractivity contribution is -0.142. The van der Waals surface area contributed by atoms with Crippen LogP contribution < -0.4 is 22.5 Å². The highest BCUT2D eigenvalue weighted by molar-refractivity contribution is 5.99. The number of fused-ring (bicyclic) bond motifs is 1. The van der Waals surface area contributed by atoms with Crippen LogP contribution in [0.25, 0.3) is 10.8 Å². The number of unbranched alkanes of at least 4 members (excludes halogenated alkanes) is 1. The molecule has 4 aromatic carbocycles. The molecule has 0 bridgehead atoms. The topological polar surface area (TPSA) is 165 Å². The minimum absolute atomic E-state index is 0.181. The number of primary amides is 1. The Bertz CT molecular complexity index is 1740. The third-order valence-electron chi connectivity index (χ3n) is 8.97. The first-order chi connectivity index (χ1) is 23.5. The molecule has 10 nitrogen and oxygen atoms in total. The number of nitrogens with two attached hydrogens (primary N) is 3. The Morgan fingerprint density at radius 2 is 1.41 bits per heavy atom. The molecule has 4 rings (SSSR count). The Labute approximate surface area is 288 Å². The standard InChI is InChI=1S/C39H48N6O4/c1-26(41)30-16-11-17-32(25-30)38(48)45(3)35(24-28-19-20-29-14-7-8-15-31(29)22-28)39(49)44(2)34(23-27-12-5-4-6-13-27)37(47)43-33(36(42)46)18-9-10-21-40/h4-8,11-17,19-20,22,25-26,33-35H,9-10,18,21,23-24,40-41H2,1-3H3,(H2,42,46)(H,43,47)/t26?,33-,34+,35+/m0/s1. The van der Waals surface area contributed by atoms with Gasteiger partial charge in [0.05, 0.1) is 0 Å². The van der Waals surface area contributed by atoms with Crippen molar-refractivity contribution in [3.8, 4) is 0 Å². The molecule has 0 aromatic heterocycles. The molecule has 1 unspecified atom stereocenters. The number of benzene rings is 4. The smallest absolute Gasteiger partial charge is 0.254 e. The summed E-state index contributed by atoms with van der Waals surface area (Å²) in [6.45, 7) is 2.29. The molecule has 0 saturated carbocycles. The number of nitrogens with one attached hydrogen (secondary N) is 1. The molecule has 0 aliphatic carbocycles. The van der Waals surface area contributed by atoms with Crippen molar-refractivity contribution in [2.45, 2.75) is 63.2 Å². The monoisotopic (exact) mass is 664 g/mol. The number of hydrogen-bond donors (Lipinski definition) is 4. The number of nitrogens with zero attached hydrogens (tertiary/aromatic N) is 2. The van der Waals surface area contributed by atoms with Crippen molar-refractivity contribution in [2.75, 3.05) is 20.6 Å². The minimum Gasteiger partial charge on any atom is -0.368 e. The molecule has 0 saturated heterocycles. The van der Waals surface area contributed by atoms with Crippen LogP contribution in [0, 0.1) is 0 Å². The highest BCUT2D eigenvalue weighted by Gasteiger charge is 2.36. The molecular formula is C39H48N6O4. The molecule has 0 spiro atoms. The highest BCUT2D eigenvalue weighted by atomic mass is 16.2. The maximum atomic E-state index is 14.7. The fourth-order valence-corrected chi connectivity index (χ4v) is 5.96. The maximum absolute atomic E-state index is 14.7. The predicted molar refractivity (Wildman–Crippen MR) is 193 cm³/mol. The summed E-state index contributed by atoms with van der Waals surface area (Å²) in [5.74, 6) is -1.96. The predicted octanol–water partition coefficient (Wildman–Crippen LogP) is 3.71. The molecule has 0 fully saturated rings. The summed E-state index contributed by atoms with van der Waals surface area (Å²) in [5, 5.41) is 4.85. The molecule has 0 radical (unpaired) electrons. The molecule has 4 atom stereocenters. The second-order valence-electron chi connectivity index (χ2n) is 12.6. The van der Waals surface area contributed by atoms with Gasteiger partial charge in [-0.3, -0.25) is 19.2 Å². The van der Waals surface area contributed by atoms with Crippen molar-refractivity contribution < 1.29 is 19.2 Å². The Balaban J connectivity index is 1.71. The van der Waals surface area contributed by atoms with Crippen molar-refractivity contribution in [1.82, 2.24) is 15.1 Å². The summed E-state index contributed by atoms with van der Waals surface area (Å²) in [7, 11) is 3.16. The maximum Gasteiger partial charge on any atom is 0.254 e. The van der Waals surface area contributed by atoms with E-state index in [0.29, 0.717) is 31.4 Å². The Morgan fingerprint density at radius 1 is 0.735 bits per heavy atom. The van der Waals surface area contributed by atoms with Gasteiger partial charge in [-0.05, 0) is 72.3 Å². The fourth-order valence-electron chi connectivity index (χ4n) is 5.96. The molecule has 7 N–H and O–H groups in total. The molecule has 4 amide bonds. The second-order valence-corrected chi connectivity index (χ2v) is 12.6. The van der Waals surface area contributed by atoms with Crippen LogP contribution in [0.15, 0.2) is 97.1 Å². The minimum atomic E-state index is -1.00. The summed E-state index contributed by atoms with van der Waals surface area (Å²) in [6.07, 6.45) is 1.99. The summed E-state index contributed by atoms with van der Waals surface area (Å²) in [4.78, 5) is 57.8. The van der Waals surface area contributed by atoms with Gasteiger partial charge in [0.1, 0.15) is 18.1 Å². The van der Waals surface area contributed by atoms with E-state index in [0.717, 1.165) is 27.5 Å². The second kappa shape index (κ2) is 17.4. The van der Waals surface area contributed by atoms with Crippen LogP contribution in [0.2, 0.25) is 0 Å². The van der Waals surface area contributed by atoms with Crippen LogP contribution in [0.1, 0.15) is 59.3 Å². The zero-order valence-corrected chi connectivity index (χ0v) is 28.5. The van der Waals surface area contributed by atoms with Crippen molar-refractivity contribution in [3.05, 3.63) is 119 Å². The molecule has 49 heavy (non-hydrogen) atoms. The lowest BCUT2D eigenvalue weighted by Crippen LogP contribution is -2.58. The average molecular weight is 665 g/mol. The zero-order chi connectivity index (χ0) is 35.5. The Morgan fingerprint density at radius 3 is 2.08 bits per heavy atom. The van der Waals surface area contributed by atoms with Crippen LogP contribution in [-0.2, 0) is 27.2 Å². The summed E-state index contributed by atoms with van der Waals surface area (Å²) in [5.41, 5.74) is 20.3. The number of carbonyl (C=O) groups is 4. The van der Waals surface area contributed by atoms with Crippen LogP contribution >= 0.6 is 0 Å². The SMILES string of the molecule is CC(N)c1cccc(C(=O)N(C)[C@H](Cc2ccc3ccccc3c2)C(=O)N(C)[C@H](Cc2ccccc2)C(=O)N[C@@H](CCCCN)C(N)=O)c1. The average Bonchev–Trinajstić information content (AvgIpc) is 3.11. The van der Waals surface area contributed by atoms with Gasteiger partial charge in [-0.1, -0.05) is 84.9 Å². The molecule has 4 aromatic rings. The van der Waals surface area contributed by atoms with Crippen LogP contribution in [0.5, 0.6) is 0 Å². The first kappa shape index (κ1) is 36.8. The van der Waals surface area contributed by atoms with Gasteiger partial charge in [0, 0.05) is 38.5 Å². The summed E-state index contributed by atoms with van der Waals surface area (Å²) in [6, 6.07) is 27.1. The number of rotatable bonds is 16. The quantitative estimate of drug-likeness (QED) is 0.133. The molecule has 10 heteroatoms. The van der Waals surface area contributed by atoms with Crippen molar-refractivity contribution >= 4 is 34.4 Å². The molecule has 0 aliphatic heterocycles. The summed E-state index contributed by atoms with van der Waals surface area (Å²) < 4.78 is 0. The lowest BCUT2D eigenvalue weighted by Gasteiger charge is -2.35. The molecular weight excluding hydrogens is 616 g/mol. The highest BCUT2D eigenvalue weighted by Crippen LogP contribution is 2.22. The first-order valence-corrected chi connectivity index (χ1v) is 16.7. The van der Waals surface area contributed by atoms with Gasteiger partial charge in [-0.15, -0.1) is 0 Å². The van der Waals surface area contributed by atoms with Gasteiger partial charge in [0.25, 0.3) is 5.91 Å². The first-order valence-electron chi connectivity index (χ1n) is 16.7. The van der Waals surface area contributed by atoms with E-state index in [4.69, 9.17) is 17.2 Å². The van der Waals surface area contributed by atoms with E-state index >= 15 is 0 Å². The third kappa shape index (κ3) is 9.74. The summed E-state index contributed by atoms with van der Waals surface area (Å²) >= 11 is 0. The number of amides is 4. The van der Waals surface area contributed by atoms with E-state index in [1.807, 2.05) is 85.8 Å². The number of likely N-dealkylation sites (N-methyl/N-ethyl adjacent to an activating group) is 2. The molecule has 0 aliphatic rings. The number of carbonyl (C=O) groups excluding carboxylic acids is 4. The Hall–Kier alpha value is -5.06. The van der Waals surface area contributed by atoms with E-state index in [1.165, 1.54) is 9.80 Å². The van der Waals surface area contributed by atoms with Crippen molar-refractivity contribution in [3.63, 3.8) is 0 Å². The van der Waals surface area contributed by atoms with Gasteiger partial charge >= 0.3 is 0 Å². The van der Waals surface area contributed by atoms with Gasteiger partial charge in [0.2, 0.25) is 17.7 Å². The van der Waals surface area contributed by atoms with Gasteiger partial charge in [-0.2, -0.15) is 0 Å². The van der Waals surface area contributed by atoms with Crippen LogP contribution in [0.3, 0.4) is 0 Å².